The van der Waals surface area contributed by atoms with E-state index in [4.69, 9.17) is 0 Å². The summed E-state index contributed by atoms with van der Waals surface area (Å²) < 4.78 is 1.58. The number of rotatable bonds is 4. The van der Waals surface area contributed by atoms with Gasteiger partial charge < -0.3 is 10.2 Å². The first-order valence-electron chi connectivity index (χ1n) is 8.43. The molecule has 0 aromatic carbocycles. The number of carbonyl (C=O) groups excluding carboxylic acids is 1. The number of anilines is 2. The highest BCUT2D eigenvalue weighted by Crippen LogP contribution is 2.23. The molecule has 1 N–H and O–H groups in total. The van der Waals surface area contributed by atoms with E-state index in [-0.39, 0.29) is 11.8 Å². The average molecular weight is 350 g/mol. The highest BCUT2D eigenvalue weighted by atomic mass is 16.2. The third-order valence-electron chi connectivity index (χ3n) is 4.32. The van der Waals surface area contributed by atoms with Gasteiger partial charge in [-0.15, -0.1) is 0 Å². The average Bonchev–Trinajstić information content (AvgIpc) is 3.24. The molecule has 4 rings (SSSR count). The molecule has 1 aliphatic heterocycles. The fraction of sp³-hybridized carbons (Fsp3) is 0.294. The Morgan fingerprint density at radius 2 is 2.08 bits per heavy atom. The number of nitrogens with zero attached hydrogens (tertiary/aromatic N) is 7. The highest BCUT2D eigenvalue weighted by Gasteiger charge is 2.27. The van der Waals surface area contributed by atoms with Crippen molar-refractivity contribution in [2.45, 2.75) is 12.8 Å². The van der Waals surface area contributed by atoms with Crippen LogP contribution >= 0.6 is 0 Å². The van der Waals surface area contributed by atoms with Crippen molar-refractivity contribution in [2.24, 2.45) is 5.92 Å². The molecule has 1 amide bonds. The smallest absolute Gasteiger partial charge is 0.230 e. The van der Waals surface area contributed by atoms with Crippen LogP contribution in [-0.2, 0) is 4.79 Å². The third kappa shape index (κ3) is 3.51. The van der Waals surface area contributed by atoms with Crippen molar-refractivity contribution in [3.05, 3.63) is 49.4 Å². The molecule has 0 radical (unpaired) electrons. The number of pyridine rings is 1. The summed E-state index contributed by atoms with van der Waals surface area (Å²) in [5.74, 6) is 1.87. The number of aromatic nitrogens is 6. The molecular formula is C17H18N8O. The van der Waals surface area contributed by atoms with Crippen LogP contribution in [0.1, 0.15) is 12.8 Å². The summed E-state index contributed by atoms with van der Waals surface area (Å²) in [6.45, 7) is 1.45. The topological polar surface area (TPSA) is 102 Å². The number of piperidine rings is 1. The predicted octanol–water partition coefficient (Wildman–Crippen LogP) is 1.31. The molecule has 1 saturated heterocycles. The molecule has 9 heteroatoms. The lowest BCUT2D eigenvalue weighted by Crippen LogP contribution is -2.41. The maximum atomic E-state index is 12.6. The number of hydrogen-bond donors (Lipinski definition) is 1. The van der Waals surface area contributed by atoms with E-state index in [0.717, 1.165) is 25.2 Å². The van der Waals surface area contributed by atoms with Gasteiger partial charge in [0.2, 0.25) is 5.91 Å². The summed E-state index contributed by atoms with van der Waals surface area (Å²) in [7, 11) is 0. The van der Waals surface area contributed by atoms with E-state index in [9.17, 15) is 4.79 Å². The number of nitrogens with one attached hydrogen (secondary N) is 1. The molecule has 1 fully saturated rings. The van der Waals surface area contributed by atoms with Crippen LogP contribution in [0.5, 0.6) is 0 Å². The molecule has 3 aromatic rings. The van der Waals surface area contributed by atoms with E-state index in [1.165, 1.54) is 12.7 Å². The van der Waals surface area contributed by atoms with Gasteiger partial charge in [0.25, 0.3) is 0 Å². The van der Waals surface area contributed by atoms with Crippen molar-refractivity contribution < 1.29 is 4.79 Å². The molecular weight excluding hydrogens is 332 g/mol. The van der Waals surface area contributed by atoms with Gasteiger partial charge in [-0.1, -0.05) is 6.07 Å². The lowest BCUT2D eigenvalue weighted by atomic mass is 9.97. The second-order valence-electron chi connectivity index (χ2n) is 6.06. The Balaban J connectivity index is 1.47. The van der Waals surface area contributed by atoms with Crippen molar-refractivity contribution in [3.8, 4) is 5.82 Å². The minimum absolute atomic E-state index is 0.0149. The Bertz CT molecular complexity index is 867. The van der Waals surface area contributed by atoms with Crippen molar-refractivity contribution in [1.29, 1.82) is 0 Å². The Hall–Kier alpha value is -3.36. The van der Waals surface area contributed by atoms with Gasteiger partial charge in [-0.2, -0.15) is 5.10 Å². The van der Waals surface area contributed by atoms with Gasteiger partial charge in [0.1, 0.15) is 30.6 Å². The molecule has 132 valence electrons. The van der Waals surface area contributed by atoms with Crippen molar-refractivity contribution in [3.63, 3.8) is 0 Å². The zero-order valence-corrected chi connectivity index (χ0v) is 14.1. The van der Waals surface area contributed by atoms with Gasteiger partial charge in [-0.25, -0.2) is 24.6 Å². The van der Waals surface area contributed by atoms with Gasteiger partial charge in [0.15, 0.2) is 5.82 Å². The van der Waals surface area contributed by atoms with Gasteiger partial charge in [-0.3, -0.25) is 4.79 Å². The quantitative estimate of drug-likeness (QED) is 0.757. The van der Waals surface area contributed by atoms with E-state index in [1.807, 2.05) is 18.2 Å². The fourth-order valence-corrected chi connectivity index (χ4v) is 3.03. The van der Waals surface area contributed by atoms with E-state index in [1.54, 1.807) is 23.3 Å². The summed E-state index contributed by atoms with van der Waals surface area (Å²) >= 11 is 0. The summed E-state index contributed by atoms with van der Waals surface area (Å²) in [4.78, 5) is 31.3. The molecule has 4 heterocycles. The molecule has 0 aliphatic carbocycles. The minimum atomic E-state index is -0.115. The maximum Gasteiger partial charge on any atom is 0.230 e. The summed E-state index contributed by atoms with van der Waals surface area (Å²) in [5, 5.41) is 6.97. The molecule has 3 aromatic heterocycles. The van der Waals surface area contributed by atoms with Gasteiger partial charge >= 0.3 is 0 Å². The molecule has 1 unspecified atom stereocenters. The van der Waals surface area contributed by atoms with Crippen LogP contribution in [0.25, 0.3) is 5.82 Å². The zero-order chi connectivity index (χ0) is 17.8. The normalized spacial score (nSPS) is 17.1. The summed E-state index contributed by atoms with van der Waals surface area (Å²) in [6.07, 6.45) is 7.98. The van der Waals surface area contributed by atoms with Crippen LogP contribution in [0.4, 0.5) is 11.6 Å². The first-order chi connectivity index (χ1) is 12.8. The van der Waals surface area contributed by atoms with E-state index in [0.29, 0.717) is 18.2 Å². The van der Waals surface area contributed by atoms with E-state index >= 15 is 0 Å². The highest BCUT2D eigenvalue weighted by molar-refractivity contribution is 5.92. The van der Waals surface area contributed by atoms with Crippen LogP contribution < -0.4 is 10.2 Å². The predicted molar refractivity (Wildman–Crippen MR) is 94.8 cm³/mol. The van der Waals surface area contributed by atoms with Crippen LogP contribution in [0.3, 0.4) is 0 Å². The molecule has 1 aliphatic rings. The fourth-order valence-electron chi connectivity index (χ4n) is 3.03. The molecule has 0 spiro atoms. The molecule has 0 bridgehead atoms. The zero-order valence-electron chi connectivity index (χ0n) is 14.1. The van der Waals surface area contributed by atoms with Crippen LogP contribution in [0, 0.1) is 5.92 Å². The Morgan fingerprint density at radius 1 is 1.15 bits per heavy atom. The Labute approximate surface area is 150 Å². The third-order valence-corrected chi connectivity index (χ3v) is 4.32. The number of carbonyl (C=O) groups is 1. The molecule has 0 saturated carbocycles. The number of amides is 1. The lowest BCUT2D eigenvalue weighted by molar-refractivity contribution is -0.120. The van der Waals surface area contributed by atoms with Crippen molar-refractivity contribution in [1.82, 2.24) is 29.7 Å². The first-order valence-corrected chi connectivity index (χ1v) is 8.43. The maximum absolute atomic E-state index is 12.6. The van der Waals surface area contributed by atoms with E-state index in [2.05, 4.69) is 35.3 Å². The number of hydrogen-bond acceptors (Lipinski definition) is 7. The van der Waals surface area contributed by atoms with Crippen molar-refractivity contribution in [2.75, 3.05) is 23.3 Å². The molecule has 1 atom stereocenters. The Morgan fingerprint density at radius 3 is 2.88 bits per heavy atom. The van der Waals surface area contributed by atoms with Crippen LogP contribution in [0.2, 0.25) is 0 Å². The lowest BCUT2D eigenvalue weighted by Gasteiger charge is -2.32. The molecule has 26 heavy (non-hydrogen) atoms. The minimum Gasteiger partial charge on any atom is -0.356 e. The van der Waals surface area contributed by atoms with Crippen LogP contribution in [-0.4, -0.2) is 48.7 Å². The monoisotopic (exact) mass is 350 g/mol. The van der Waals surface area contributed by atoms with Gasteiger partial charge in [0, 0.05) is 25.4 Å². The largest absolute Gasteiger partial charge is 0.356 e. The van der Waals surface area contributed by atoms with Crippen molar-refractivity contribution >= 4 is 17.5 Å². The SMILES string of the molecule is O=C(Nc1ccccn1)C1CCCN(c2cc(-n3cncn3)ncn2)C1. The van der Waals surface area contributed by atoms with Gasteiger partial charge in [-0.05, 0) is 25.0 Å². The molecule has 9 nitrogen and oxygen atoms in total. The van der Waals surface area contributed by atoms with Crippen LogP contribution in [0.15, 0.2) is 49.4 Å². The Kier molecular flexibility index (Phi) is 4.50. The first kappa shape index (κ1) is 16.1. The second kappa shape index (κ2) is 7.26. The second-order valence-corrected chi connectivity index (χ2v) is 6.06. The van der Waals surface area contributed by atoms with E-state index < -0.39 is 0 Å². The van der Waals surface area contributed by atoms with Gasteiger partial charge in [0.05, 0.1) is 5.92 Å². The summed E-state index contributed by atoms with van der Waals surface area (Å²) in [6, 6.07) is 7.31. The summed E-state index contributed by atoms with van der Waals surface area (Å²) in [5.41, 5.74) is 0. The standard InChI is InChI=1S/C17H18N8O/c26-17(23-14-5-1-2-6-19-14)13-4-3-7-24(9-13)15-8-16(21-11-20-15)25-12-18-10-22-25/h1-2,5-6,8,10-13H,3-4,7,9H2,(H,19,23,26).